The summed E-state index contributed by atoms with van der Waals surface area (Å²) in [6.07, 6.45) is 5.15. The Kier molecular flexibility index (Phi) is 7.16. The molecule has 7 heteroatoms. The second-order valence-electron chi connectivity index (χ2n) is 7.41. The van der Waals surface area contributed by atoms with Gasteiger partial charge in [-0.3, -0.25) is 0 Å². The van der Waals surface area contributed by atoms with Crippen molar-refractivity contribution in [2.24, 2.45) is 0 Å². The van der Waals surface area contributed by atoms with E-state index in [1.807, 2.05) is 48.5 Å². The maximum absolute atomic E-state index is 13.2. The minimum Gasteiger partial charge on any atom is -0.497 e. The summed E-state index contributed by atoms with van der Waals surface area (Å²) in [6, 6.07) is 14.4. The molecule has 0 radical (unpaired) electrons. The average Bonchev–Trinajstić information content (AvgIpc) is 2.78. The fourth-order valence-electron chi connectivity index (χ4n) is 3.79. The van der Waals surface area contributed by atoms with Crippen LogP contribution in [0.2, 0.25) is 0 Å². The highest BCUT2D eigenvalue weighted by Crippen LogP contribution is 2.29. The van der Waals surface area contributed by atoms with Gasteiger partial charge in [0, 0.05) is 13.1 Å². The van der Waals surface area contributed by atoms with E-state index in [0.717, 1.165) is 48.3 Å². The van der Waals surface area contributed by atoms with Crippen LogP contribution in [0, 0.1) is 0 Å². The number of nitrogens with zero attached hydrogens (tertiary/aromatic N) is 1. The molecule has 0 heterocycles. The molecule has 0 bridgehead atoms. The molecule has 0 unspecified atom stereocenters. The van der Waals surface area contributed by atoms with Crippen LogP contribution in [0.1, 0.15) is 49.3 Å². The number of hydrogen-bond acceptors (Lipinski definition) is 4. The molecule has 2 aromatic rings. The van der Waals surface area contributed by atoms with Crippen LogP contribution in [0.15, 0.2) is 48.5 Å². The molecule has 2 aromatic carbocycles. The topological polar surface area (TPSA) is 67.9 Å². The molecule has 1 saturated carbocycles. The highest BCUT2D eigenvalue weighted by Gasteiger charge is 2.30. The molecule has 1 aliphatic rings. The van der Waals surface area contributed by atoms with Crippen LogP contribution in [0.4, 0.5) is 0 Å². The summed E-state index contributed by atoms with van der Waals surface area (Å²) >= 11 is 0. The van der Waals surface area contributed by atoms with Gasteiger partial charge in [0.25, 0.3) is 10.2 Å². The van der Waals surface area contributed by atoms with Gasteiger partial charge in [0.05, 0.1) is 20.3 Å². The Balaban J connectivity index is 1.90. The molecule has 6 nitrogen and oxygen atoms in total. The molecule has 0 aromatic heterocycles. The van der Waals surface area contributed by atoms with Crippen LogP contribution >= 0.6 is 0 Å². The van der Waals surface area contributed by atoms with E-state index in [1.54, 1.807) is 21.3 Å². The number of nitrogens with one attached hydrogen (secondary N) is 1. The smallest absolute Gasteiger partial charge is 0.280 e. The second kappa shape index (κ2) is 9.61. The zero-order chi connectivity index (χ0) is 20.9. The van der Waals surface area contributed by atoms with Crippen molar-refractivity contribution in [3.8, 4) is 11.5 Å². The first kappa shape index (κ1) is 21.6. The molecule has 0 amide bonds. The number of ether oxygens (including phenoxy) is 2. The van der Waals surface area contributed by atoms with Crippen molar-refractivity contribution < 1.29 is 17.9 Å². The lowest BCUT2D eigenvalue weighted by atomic mass is 9.96. The molecule has 0 atom stereocenters. The first-order valence-electron chi connectivity index (χ1n) is 9.98. The van der Waals surface area contributed by atoms with E-state index in [4.69, 9.17) is 9.47 Å². The molecule has 29 heavy (non-hydrogen) atoms. The largest absolute Gasteiger partial charge is 0.497 e. The Morgan fingerprint density at radius 1 is 0.862 bits per heavy atom. The number of rotatable bonds is 8. The highest BCUT2D eigenvalue weighted by molar-refractivity contribution is 7.87. The second-order valence-corrected chi connectivity index (χ2v) is 9.17. The summed E-state index contributed by atoms with van der Waals surface area (Å²) in [5.74, 6) is 1.45. The molecule has 1 fully saturated rings. The zero-order valence-electron chi connectivity index (χ0n) is 17.3. The maximum atomic E-state index is 13.2. The van der Waals surface area contributed by atoms with E-state index in [0.29, 0.717) is 0 Å². The number of benzene rings is 2. The van der Waals surface area contributed by atoms with Crippen molar-refractivity contribution in [2.45, 2.75) is 44.2 Å². The van der Waals surface area contributed by atoms with Gasteiger partial charge in [0.1, 0.15) is 11.5 Å². The van der Waals surface area contributed by atoms with E-state index < -0.39 is 16.3 Å². The molecule has 3 rings (SSSR count). The minimum absolute atomic E-state index is 0.0497. The Labute approximate surface area is 174 Å². The van der Waals surface area contributed by atoms with Crippen LogP contribution in [0.25, 0.3) is 0 Å². The molecule has 0 spiro atoms. The SMILES string of the molecule is COc1ccc(C(NS(=O)(=O)N(C)C2CCCCC2)c2ccc(OC)cc2)cc1. The van der Waals surface area contributed by atoms with E-state index in [9.17, 15) is 8.42 Å². The van der Waals surface area contributed by atoms with E-state index in [1.165, 1.54) is 10.7 Å². The van der Waals surface area contributed by atoms with Gasteiger partial charge in [0.15, 0.2) is 0 Å². The van der Waals surface area contributed by atoms with Gasteiger partial charge in [-0.15, -0.1) is 0 Å². The van der Waals surface area contributed by atoms with Gasteiger partial charge in [0.2, 0.25) is 0 Å². The molecule has 0 saturated heterocycles. The van der Waals surface area contributed by atoms with Gasteiger partial charge < -0.3 is 9.47 Å². The fraction of sp³-hybridized carbons (Fsp3) is 0.455. The standard InChI is InChI=1S/C22H30N2O4S/c1-24(19-7-5-4-6-8-19)29(25,26)23-22(17-9-13-20(27-2)14-10-17)18-11-15-21(28-3)16-12-18/h9-16,19,22-23H,4-8H2,1-3H3. The summed E-state index contributed by atoms with van der Waals surface area (Å²) in [4.78, 5) is 0. The van der Waals surface area contributed by atoms with Gasteiger partial charge >= 0.3 is 0 Å². The molecular formula is C22H30N2O4S. The Bertz CT molecular complexity index is 829. The van der Waals surface area contributed by atoms with Crippen molar-refractivity contribution >= 4 is 10.2 Å². The lowest BCUT2D eigenvalue weighted by molar-refractivity contribution is 0.282. The molecule has 158 valence electrons. The molecule has 1 aliphatic carbocycles. The summed E-state index contributed by atoms with van der Waals surface area (Å²) in [6.45, 7) is 0. The van der Waals surface area contributed by atoms with Crippen LogP contribution in [-0.4, -0.2) is 40.0 Å². The van der Waals surface area contributed by atoms with Crippen LogP contribution in [-0.2, 0) is 10.2 Å². The van der Waals surface area contributed by atoms with Gasteiger partial charge in [-0.05, 0) is 48.2 Å². The molecule has 1 N–H and O–H groups in total. The Morgan fingerprint density at radius 2 is 1.31 bits per heavy atom. The van der Waals surface area contributed by atoms with Crippen molar-refractivity contribution in [1.82, 2.24) is 9.03 Å². The highest BCUT2D eigenvalue weighted by atomic mass is 32.2. The van der Waals surface area contributed by atoms with Gasteiger partial charge in [-0.25, -0.2) is 0 Å². The third-order valence-electron chi connectivity index (χ3n) is 5.63. The zero-order valence-corrected chi connectivity index (χ0v) is 18.1. The number of hydrogen-bond donors (Lipinski definition) is 1. The summed E-state index contributed by atoms with van der Waals surface area (Å²) < 4.78 is 41.3. The molecular weight excluding hydrogens is 388 g/mol. The third kappa shape index (κ3) is 5.29. The van der Waals surface area contributed by atoms with Crippen LogP contribution in [0.3, 0.4) is 0 Å². The monoisotopic (exact) mass is 418 g/mol. The lowest BCUT2D eigenvalue weighted by Gasteiger charge is -2.32. The van der Waals surface area contributed by atoms with E-state index in [-0.39, 0.29) is 6.04 Å². The fourth-order valence-corrected chi connectivity index (χ4v) is 5.13. The average molecular weight is 419 g/mol. The van der Waals surface area contributed by atoms with Crippen molar-refractivity contribution in [3.05, 3.63) is 59.7 Å². The summed E-state index contributed by atoms with van der Waals surface area (Å²) in [5, 5.41) is 0. The van der Waals surface area contributed by atoms with Crippen LogP contribution < -0.4 is 14.2 Å². The van der Waals surface area contributed by atoms with Crippen molar-refractivity contribution in [3.63, 3.8) is 0 Å². The van der Waals surface area contributed by atoms with E-state index in [2.05, 4.69) is 4.72 Å². The predicted molar refractivity (Wildman–Crippen MR) is 115 cm³/mol. The van der Waals surface area contributed by atoms with Crippen LogP contribution in [0.5, 0.6) is 11.5 Å². The number of methoxy groups -OCH3 is 2. The van der Waals surface area contributed by atoms with Crippen molar-refractivity contribution in [2.75, 3.05) is 21.3 Å². The quantitative estimate of drug-likeness (QED) is 0.706. The maximum Gasteiger partial charge on any atom is 0.280 e. The predicted octanol–water partition coefficient (Wildman–Crippen LogP) is 3.89. The van der Waals surface area contributed by atoms with Gasteiger partial charge in [-0.1, -0.05) is 43.5 Å². The van der Waals surface area contributed by atoms with E-state index >= 15 is 0 Å². The Morgan fingerprint density at radius 3 is 1.72 bits per heavy atom. The summed E-state index contributed by atoms with van der Waals surface area (Å²) in [7, 11) is 1.23. The summed E-state index contributed by atoms with van der Waals surface area (Å²) in [5.41, 5.74) is 1.69. The normalized spacial score (nSPS) is 15.6. The minimum atomic E-state index is -3.67. The first-order chi connectivity index (χ1) is 13.9. The molecule has 0 aliphatic heterocycles. The first-order valence-corrected chi connectivity index (χ1v) is 11.4. The third-order valence-corrected chi connectivity index (χ3v) is 7.22. The van der Waals surface area contributed by atoms with Gasteiger partial charge in [-0.2, -0.15) is 17.4 Å². The Hall–Kier alpha value is -2.09. The van der Waals surface area contributed by atoms with Crippen molar-refractivity contribution in [1.29, 1.82) is 0 Å². The lowest BCUT2D eigenvalue weighted by Crippen LogP contribution is -2.46.